The molecule has 2 fully saturated rings. The van der Waals surface area contributed by atoms with Crippen LogP contribution in [0, 0.1) is 5.92 Å². The van der Waals surface area contributed by atoms with E-state index in [1.165, 1.54) is 4.90 Å². The number of hydrogen-bond acceptors (Lipinski definition) is 5. The third-order valence-corrected chi connectivity index (χ3v) is 6.12. The van der Waals surface area contributed by atoms with Crippen LogP contribution < -0.4 is 14.7 Å². The Morgan fingerprint density at radius 3 is 2.36 bits per heavy atom. The smallest absolute Gasteiger partial charge is 0.266 e. The van der Waals surface area contributed by atoms with E-state index in [4.69, 9.17) is 21.2 Å². The molecule has 168 valence electrons. The number of hydroxylamine groups is 1. The highest BCUT2D eigenvalue weighted by molar-refractivity contribution is 6.30. The summed E-state index contributed by atoms with van der Waals surface area (Å²) in [5.41, 5.74) is 2.08. The van der Waals surface area contributed by atoms with Gasteiger partial charge in [0.15, 0.2) is 6.10 Å². The standard InChI is InChI=1S/C26H23ClN2O4/c1-2-15-32-21-13-11-19(12-14-21)28-25(30)22-23(17-7-6-8-18(27)16-17)29(33-24(22)26(28)31)20-9-4-3-5-10-20/h3-14,16,22-24H,2,15H2,1H3. The normalized spacial score (nSPS) is 22.1. The molecule has 0 bridgehead atoms. The lowest BCUT2D eigenvalue weighted by Crippen LogP contribution is -2.37. The summed E-state index contributed by atoms with van der Waals surface area (Å²) in [6.45, 7) is 2.64. The van der Waals surface area contributed by atoms with Gasteiger partial charge in [-0.15, -0.1) is 0 Å². The van der Waals surface area contributed by atoms with Gasteiger partial charge in [0.25, 0.3) is 5.91 Å². The van der Waals surface area contributed by atoms with Crippen molar-refractivity contribution in [3.8, 4) is 5.75 Å². The maximum absolute atomic E-state index is 13.6. The maximum atomic E-state index is 13.6. The van der Waals surface area contributed by atoms with Gasteiger partial charge in [-0.2, -0.15) is 0 Å². The first-order valence-corrected chi connectivity index (χ1v) is 11.3. The Labute approximate surface area is 197 Å². The Balaban J connectivity index is 1.50. The number of hydrogen-bond donors (Lipinski definition) is 0. The Bertz CT molecular complexity index is 1170. The second kappa shape index (κ2) is 8.89. The van der Waals surface area contributed by atoms with E-state index >= 15 is 0 Å². The van der Waals surface area contributed by atoms with Crippen LogP contribution in [0.25, 0.3) is 0 Å². The van der Waals surface area contributed by atoms with E-state index in [1.807, 2.05) is 55.5 Å². The van der Waals surface area contributed by atoms with E-state index in [0.29, 0.717) is 23.1 Å². The predicted molar refractivity (Wildman–Crippen MR) is 126 cm³/mol. The highest BCUT2D eigenvalue weighted by Crippen LogP contribution is 2.47. The van der Waals surface area contributed by atoms with Crippen LogP contribution in [-0.2, 0) is 14.4 Å². The SMILES string of the molecule is CCCOc1ccc(N2C(=O)C3ON(c4ccccc4)C(c4cccc(Cl)c4)C3C2=O)cc1. The largest absolute Gasteiger partial charge is 0.494 e. The molecule has 0 N–H and O–H groups in total. The lowest BCUT2D eigenvalue weighted by molar-refractivity contribution is -0.126. The van der Waals surface area contributed by atoms with E-state index < -0.39 is 18.1 Å². The van der Waals surface area contributed by atoms with Crippen molar-refractivity contribution in [2.24, 2.45) is 5.92 Å². The summed E-state index contributed by atoms with van der Waals surface area (Å²) in [4.78, 5) is 34.4. The van der Waals surface area contributed by atoms with Gasteiger partial charge in [-0.25, -0.2) is 9.96 Å². The topological polar surface area (TPSA) is 59.1 Å². The van der Waals surface area contributed by atoms with E-state index in [2.05, 4.69) is 0 Å². The van der Waals surface area contributed by atoms with Crippen molar-refractivity contribution >= 4 is 34.8 Å². The number of anilines is 2. The van der Waals surface area contributed by atoms with Gasteiger partial charge in [0, 0.05) is 5.02 Å². The number of fused-ring (bicyclic) bond motifs is 1. The van der Waals surface area contributed by atoms with Gasteiger partial charge in [0.05, 0.1) is 24.0 Å². The number of amides is 2. The molecule has 33 heavy (non-hydrogen) atoms. The van der Waals surface area contributed by atoms with Crippen LogP contribution in [0.5, 0.6) is 5.75 Å². The molecule has 3 aromatic rings. The first kappa shape index (κ1) is 21.5. The molecule has 0 spiro atoms. The van der Waals surface area contributed by atoms with E-state index in [9.17, 15) is 9.59 Å². The van der Waals surface area contributed by atoms with Crippen LogP contribution in [0.3, 0.4) is 0 Å². The summed E-state index contributed by atoms with van der Waals surface area (Å²) in [6.07, 6.45) is -0.0216. The molecule has 2 saturated heterocycles. The van der Waals surface area contributed by atoms with E-state index in [1.54, 1.807) is 35.4 Å². The minimum Gasteiger partial charge on any atom is -0.494 e. The minimum atomic E-state index is -0.919. The maximum Gasteiger partial charge on any atom is 0.266 e. The van der Waals surface area contributed by atoms with Crippen molar-refractivity contribution in [3.63, 3.8) is 0 Å². The summed E-state index contributed by atoms with van der Waals surface area (Å²) < 4.78 is 5.62. The zero-order valence-corrected chi connectivity index (χ0v) is 18.8. The predicted octanol–water partition coefficient (Wildman–Crippen LogP) is 5.18. The highest BCUT2D eigenvalue weighted by atomic mass is 35.5. The third kappa shape index (κ3) is 3.86. The van der Waals surface area contributed by atoms with Crippen molar-refractivity contribution in [3.05, 3.63) is 89.4 Å². The van der Waals surface area contributed by atoms with Gasteiger partial charge in [-0.3, -0.25) is 14.4 Å². The van der Waals surface area contributed by atoms with Crippen LogP contribution >= 0.6 is 11.6 Å². The van der Waals surface area contributed by atoms with Crippen molar-refractivity contribution in [1.29, 1.82) is 0 Å². The first-order valence-electron chi connectivity index (χ1n) is 11.0. The second-order valence-electron chi connectivity index (χ2n) is 8.07. The Morgan fingerprint density at radius 2 is 1.67 bits per heavy atom. The molecule has 7 heteroatoms. The summed E-state index contributed by atoms with van der Waals surface area (Å²) in [5, 5.41) is 2.22. The molecular weight excluding hydrogens is 440 g/mol. The lowest BCUT2D eigenvalue weighted by Gasteiger charge is -2.28. The monoisotopic (exact) mass is 462 g/mol. The van der Waals surface area contributed by atoms with Gasteiger partial charge < -0.3 is 4.74 Å². The Morgan fingerprint density at radius 1 is 0.909 bits per heavy atom. The van der Waals surface area contributed by atoms with E-state index in [0.717, 1.165) is 17.7 Å². The van der Waals surface area contributed by atoms with Crippen molar-refractivity contribution < 1.29 is 19.2 Å². The fraction of sp³-hybridized carbons (Fsp3) is 0.231. The summed E-state index contributed by atoms with van der Waals surface area (Å²) in [6, 6.07) is 23.3. The molecule has 2 heterocycles. The molecule has 2 aliphatic heterocycles. The molecule has 3 unspecified atom stereocenters. The lowest BCUT2D eigenvalue weighted by atomic mass is 9.90. The van der Waals surface area contributed by atoms with Gasteiger partial charge in [-0.1, -0.05) is 48.9 Å². The van der Waals surface area contributed by atoms with Gasteiger partial charge in [0.2, 0.25) is 5.91 Å². The average molecular weight is 463 g/mol. The van der Waals surface area contributed by atoms with Crippen LogP contribution in [-0.4, -0.2) is 24.5 Å². The molecule has 0 aliphatic carbocycles. The van der Waals surface area contributed by atoms with Crippen LogP contribution in [0.4, 0.5) is 11.4 Å². The quantitative estimate of drug-likeness (QED) is 0.472. The second-order valence-corrected chi connectivity index (χ2v) is 8.50. The summed E-state index contributed by atoms with van der Waals surface area (Å²) >= 11 is 6.27. The van der Waals surface area contributed by atoms with Crippen LogP contribution in [0.2, 0.25) is 5.02 Å². The molecular formula is C26H23ClN2O4. The number of rotatable bonds is 6. The third-order valence-electron chi connectivity index (χ3n) is 5.88. The molecule has 0 aromatic heterocycles. The fourth-order valence-electron chi connectivity index (χ4n) is 4.41. The zero-order chi connectivity index (χ0) is 22.9. The molecule has 0 saturated carbocycles. The molecule has 2 aliphatic rings. The zero-order valence-electron chi connectivity index (χ0n) is 18.1. The number of halogens is 1. The molecule has 6 nitrogen and oxygen atoms in total. The van der Waals surface area contributed by atoms with Crippen molar-refractivity contribution in [1.82, 2.24) is 0 Å². The van der Waals surface area contributed by atoms with Crippen LogP contribution in [0.1, 0.15) is 24.9 Å². The molecule has 2 amide bonds. The Hall–Kier alpha value is -3.35. The van der Waals surface area contributed by atoms with Crippen molar-refractivity contribution in [2.75, 3.05) is 16.6 Å². The molecule has 3 atom stereocenters. The number of imide groups is 1. The number of para-hydroxylation sites is 1. The Kier molecular flexibility index (Phi) is 5.79. The van der Waals surface area contributed by atoms with Crippen LogP contribution in [0.15, 0.2) is 78.9 Å². The summed E-state index contributed by atoms with van der Waals surface area (Å²) in [7, 11) is 0. The van der Waals surface area contributed by atoms with Gasteiger partial charge >= 0.3 is 0 Å². The number of benzene rings is 3. The number of carbonyl (C=O) groups is 2. The van der Waals surface area contributed by atoms with Gasteiger partial charge in [0.1, 0.15) is 11.7 Å². The molecule has 5 rings (SSSR count). The first-order chi connectivity index (χ1) is 16.1. The molecule has 0 radical (unpaired) electrons. The minimum absolute atomic E-state index is 0.296. The van der Waals surface area contributed by atoms with Gasteiger partial charge in [-0.05, 0) is 60.5 Å². The van der Waals surface area contributed by atoms with E-state index in [-0.39, 0.29) is 11.8 Å². The fourth-order valence-corrected chi connectivity index (χ4v) is 4.61. The van der Waals surface area contributed by atoms with Crippen molar-refractivity contribution in [2.45, 2.75) is 25.5 Å². The number of nitrogens with zero attached hydrogens (tertiary/aromatic N) is 2. The highest BCUT2D eigenvalue weighted by Gasteiger charge is 2.60. The number of carbonyl (C=O) groups excluding carboxylic acids is 2. The summed E-state index contributed by atoms with van der Waals surface area (Å²) in [5.74, 6) is -0.677. The molecule has 3 aromatic carbocycles. The average Bonchev–Trinajstić information content (AvgIpc) is 3.35. The number of ether oxygens (including phenoxy) is 1.